The van der Waals surface area contributed by atoms with Gasteiger partial charge < -0.3 is 4.74 Å². The van der Waals surface area contributed by atoms with Gasteiger partial charge in [0.15, 0.2) is 0 Å². The molecule has 0 spiro atoms. The van der Waals surface area contributed by atoms with Crippen LogP contribution in [0, 0.1) is 0 Å². The molecule has 0 saturated heterocycles. The maximum absolute atomic E-state index is 11.8. The number of esters is 1. The number of rotatable bonds is 6. The van der Waals surface area contributed by atoms with Gasteiger partial charge in [0, 0.05) is 12.8 Å². The summed E-state index contributed by atoms with van der Waals surface area (Å²) < 4.78 is 4.87. The summed E-state index contributed by atoms with van der Waals surface area (Å²) in [7, 11) is 0. The van der Waals surface area contributed by atoms with Crippen LogP contribution in [0.25, 0.3) is 6.08 Å². The Kier molecular flexibility index (Phi) is 6.29. The van der Waals surface area contributed by atoms with Crippen LogP contribution in [0.2, 0.25) is 0 Å². The van der Waals surface area contributed by atoms with Gasteiger partial charge in [-0.1, -0.05) is 44.2 Å². The van der Waals surface area contributed by atoms with Crippen molar-refractivity contribution in [2.75, 3.05) is 13.2 Å². The number of hydrazone groups is 1. The van der Waals surface area contributed by atoms with Crippen molar-refractivity contribution in [1.82, 2.24) is 5.01 Å². The standard InChI is InChI=1S/C19H24N2O3/c1-4-24-19(23)13-21-18(22)12-11-17(20-21)10-7-15-5-8-16(9-6-15)14(2)3/h5-10,14H,4,11-13H2,1-3H3. The van der Waals surface area contributed by atoms with Crippen LogP contribution in [0.15, 0.2) is 35.4 Å². The van der Waals surface area contributed by atoms with Gasteiger partial charge in [-0.05, 0) is 30.0 Å². The predicted molar refractivity (Wildman–Crippen MR) is 94.6 cm³/mol. The van der Waals surface area contributed by atoms with Crippen LogP contribution in [0.3, 0.4) is 0 Å². The van der Waals surface area contributed by atoms with E-state index in [4.69, 9.17) is 4.74 Å². The number of hydrogen-bond acceptors (Lipinski definition) is 4. The number of carbonyl (C=O) groups excluding carboxylic acids is 2. The zero-order valence-electron chi connectivity index (χ0n) is 14.5. The highest BCUT2D eigenvalue weighted by molar-refractivity contribution is 6.02. The first-order chi connectivity index (χ1) is 11.5. The van der Waals surface area contributed by atoms with Crippen LogP contribution in [0.1, 0.15) is 50.7 Å². The topological polar surface area (TPSA) is 59.0 Å². The largest absolute Gasteiger partial charge is 0.465 e. The normalized spacial score (nSPS) is 15.1. The van der Waals surface area contributed by atoms with Crippen molar-refractivity contribution in [2.24, 2.45) is 5.10 Å². The summed E-state index contributed by atoms with van der Waals surface area (Å²) in [5.41, 5.74) is 3.16. The van der Waals surface area contributed by atoms with E-state index in [-0.39, 0.29) is 12.5 Å². The fraction of sp³-hybridized carbons (Fsp3) is 0.421. The number of ether oxygens (including phenoxy) is 1. The molecule has 0 N–H and O–H groups in total. The number of amides is 1. The van der Waals surface area contributed by atoms with Crippen molar-refractivity contribution in [3.8, 4) is 0 Å². The number of carbonyl (C=O) groups is 2. The molecule has 1 aliphatic rings. The molecule has 0 radical (unpaired) electrons. The quantitative estimate of drug-likeness (QED) is 0.752. The summed E-state index contributed by atoms with van der Waals surface area (Å²) in [6, 6.07) is 8.36. The lowest BCUT2D eigenvalue weighted by molar-refractivity contribution is -0.149. The fourth-order valence-electron chi connectivity index (χ4n) is 2.38. The van der Waals surface area contributed by atoms with Crippen LogP contribution in [-0.2, 0) is 14.3 Å². The predicted octanol–water partition coefficient (Wildman–Crippen LogP) is 3.36. The number of allylic oxidation sites excluding steroid dienone is 1. The van der Waals surface area contributed by atoms with Gasteiger partial charge >= 0.3 is 5.97 Å². The van der Waals surface area contributed by atoms with E-state index in [0.717, 1.165) is 11.3 Å². The molecule has 1 aliphatic heterocycles. The molecule has 1 heterocycles. The Balaban J connectivity index is 2.04. The molecule has 0 aromatic heterocycles. The number of benzene rings is 1. The molecule has 24 heavy (non-hydrogen) atoms. The maximum Gasteiger partial charge on any atom is 0.327 e. The summed E-state index contributed by atoms with van der Waals surface area (Å²) in [6.45, 7) is 6.22. The Labute approximate surface area is 143 Å². The number of nitrogens with zero attached hydrogens (tertiary/aromatic N) is 2. The molecule has 0 bridgehead atoms. The molecule has 0 aliphatic carbocycles. The highest BCUT2D eigenvalue weighted by atomic mass is 16.5. The average molecular weight is 328 g/mol. The van der Waals surface area contributed by atoms with Gasteiger partial charge in [0.1, 0.15) is 6.54 Å². The Morgan fingerprint density at radius 1 is 1.25 bits per heavy atom. The van der Waals surface area contributed by atoms with Gasteiger partial charge in [-0.25, -0.2) is 5.01 Å². The minimum absolute atomic E-state index is 0.132. The highest BCUT2D eigenvalue weighted by Gasteiger charge is 2.22. The molecular weight excluding hydrogens is 304 g/mol. The van der Waals surface area contributed by atoms with Crippen LogP contribution >= 0.6 is 0 Å². The van der Waals surface area contributed by atoms with E-state index in [0.29, 0.717) is 25.4 Å². The van der Waals surface area contributed by atoms with E-state index in [1.807, 2.05) is 12.2 Å². The molecule has 0 unspecified atom stereocenters. The summed E-state index contributed by atoms with van der Waals surface area (Å²) in [5.74, 6) is -0.0845. The second-order valence-electron chi connectivity index (χ2n) is 6.00. The van der Waals surface area contributed by atoms with Crippen molar-refractivity contribution < 1.29 is 14.3 Å². The molecule has 1 amide bonds. The second-order valence-corrected chi connectivity index (χ2v) is 6.00. The lowest BCUT2D eigenvalue weighted by Gasteiger charge is -2.21. The van der Waals surface area contributed by atoms with Crippen LogP contribution in [-0.4, -0.2) is 35.7 Å². The SMILES string of the molecule is CCOC(=O)CN1N=C(C=Cc2ccc(C(C)C)cc2)CCC1=O. The van der Waals surface area contributed by atoms with Gasteiger partial charge in [-0.2, -0.15) is 5.10 Å². The van der Waals surface area contributed by atoms with Gasteiger partial charge in [0.05, 0.1) is 12.3 Å². The zero-order valence-corrected chi connectivity index (χ0v) is 14.5. The third-order valence-electron chi connectivity index (χ3n) is 3.79. The van der Waals surface area contributed by atoms with E-state index in [1.54, 1.807) is 6.92 Å². The third kappa shape index (κ3) is 5.05. The first kappa shape index (κ1) is 17.9. The summed E-state index contributed by atoms with van der Waals surface area (Å²) in [5, 5.41) is 5.46. The fourth-order valence-corrected chi connectivity index (χ4v) is 2.38. The molecule has 1 aromatic carbocycles. The second kappa shape index (κ2) is 8.43. The Hall–Kier alpha value is -2.43. The molecular formula is C19H24N2O3. The Bertz CT molecular complexity index is 645. The van der Waals surface area contributed by atoms with Crippen LogP contribution in [0.4, 0.5) is 0 Å². The minimum atomic E-state index is -0.441. The van der Waals surface area contributed by atoms with Crippen molar-refractivity contribution in [2.45, 2.75) is 39.5 Å². The zero-order chi connectivity index (χ0) is 17.5. The Morgan fingerprint density at radius 3 is 2.58 bits per heavy atom. The monoisotopic (exact) mass is 328 g/mol. The first-order valence-electron chi connectivity index (χ1n) is 8.31. The summed E-state index contributed by atoms with van der Waals surface area (Å²) in [4.78, 5) is 23.4. The van der Waals surface area contributed by atoms with E-state index < -0.39 is 5.97 Å². The molecule has 1 aromatic rings. The van der Waals surface area contributed by atoms with Crippen molar-refractivity contribution in [3.05, 3.63) is 41.5 Å². The van der Waals surface area contributed by atoms with Crippen molar-refractivity contribution in [1.29, 1.82) is 0 Å². The molecule has 0 atom stereocenters. The Morgan fingerprint density at radius 2 is 1.96 bits per heavy atom. The third-order valence-corrected chi connectivity index (χ3v) is 3.79. The van der Waals surface area contributed by atoms with Crippen molar-refractivity contribution >= 4 is 23.7 Å². The van der Waals surface area contributed by atoms with Gasteiger partial charge in [0.2, 0.25) is 5.91 Å². The van der Waals surface area contributed by atoms with Crippen LogP contribution in [0.5, 0.6) is 0 Å². The lowest BCUT2D eigenvalue weighted by atomic mass is 10.0. The van der Waals surface area contributed by atoms with E-state index in [9.17, 15) is 9.59 Å². The minimum Gasteiger partial charge on any atom is -0.465 e. The molecule has 5 heteroatoms. The highest BCUT2D eigenvalue weighted by Crippen LogP contribution is 2.16. The summed E-state index contributed by atoms with van der Waals surface area (Å²) in [6.07, 6.45) is 4.81. The molecule has 128 valence electrons. The first-order valence-corrected chi connectivity index (χ1v) is 8.31. The lowest BCUT2D eigenvalue weighted by Crippen LogP contribution is -2.36. The van der Waals surface area contributed by atoms with Gasteiger partial charge in [-0.3, -0.25) is 9.59 Å². The summed E-state index contributed by atoms with van der Waals surface area (Å²) >= 11 is 0. The van der Waals surface area contributed by atoms with E-state index in [2.05, 4.69) is 43.2 Å². The average Bonchev–Trinajstić information content (AvgIpc) is 2.56. The maximum atomic E-state index is 11.8. The molecule has 5 nitrogen and oxygen atoms in total. The number of hydrogen-bond donors (Lipinski definition) is 0. The van der Waals surface area contributed by atoms with E-state index in [1.165, 1.54) is 10.6 Å². The van der Waals surface area contributed by atoms with Gasteiger partial charge in [-0.15, -0.1) is 0 Å². The molecule has 0 saturated carbocycles. The van der Waals surface area contributed by atoms with Crippen LogP contribution < -0.4 is 0 Å². The molecule has 0 fully saturated rings. The smallest absolute Gasteiger partial charge is 0.327 e. The molecule has 2 rings (SSSR count). The van der Waals surface area contributed by atoms with E-state index >= 15 is 0 Å². The van der Waals surface area contributed by atoms with Crippen molar-refractivity contribution in [3.63, 3.8) is 0 Å². The van der Waals surface area contributed by atoms with Gasteiger partial charge in [0.25, 0.3) is 0 Å².